The van der Waals surface area contributed by atoms with Crippen LogP contribution in [0.2, 0.25) is 0 Å². The lowest BCUT2D eigenvalue weighted by molar-refractivity contribution is -0.117. The zero-order valence-corrected chi connectivity index (χ0v) is 13.8. The van der Waals surface area contributed by atoms with Crippen molar-refractivity contribution >= 4 is 24.0 Å². The number of pyridine rings is 1. The standard InChI is InChI=1S/C16H19N3O3.ClH/c1-11(17)16(20)19-13-3-4-14(21-2)15(9-13)22-10-12-5-7-18-8-6-12;/h3-9,11H,10,17H2,1-2H3,(H,19,20);1H. The van der Waals surface area contributed by atoms with Gasteiger partial charge in [0.25, 0.3) is 0 Å². The first kappa shape index (κ1) is 18.7. The molecule has 0 bridgehead atoms. The SMILES string of the molecule is COc1ccc(NC(=O)C(C)N)cc1OCc1ccncc1.Cl. The molecule has 2 aromatic rings. The lowest BCUT2D eigenvalue weighted by Crippen LogP contribution is -2.32. The summed E-state index contributed by atoms with van der Waals surface area (Å²) in [6, 6.07) is 8.34. The Labute approximate surface area is 141 Å². The molecular formula is C16H20ClN3O3. The number of methoxy groups -OCH3 is 1. The molecule has 1 aromatic heterocycles. The molecule has 23 heavy (non-hydrogen) atoms. The van der Waals surface area contributed by atoms with Gasteiger partial charge in [-0.25, -0.2) is 0 Å². The molecule has 0 aliphatic carbocycles. The minimum atomic E-state index is -0.580. The highest BCUT2D eigenvalue weighted by Crippen LogP contribution is 2.30. The van der Waals surface area contributed by atoms with E-state index in [1.54, 1.807) is 44.6 Å². The summed E-state index contributed by atoms with van der Waals surface area (Å²) in [5.41, 5.74) is 7.13. The number of carbonyl (C=O) groups excluding carboxylic acids is 1. The summed E-state index contributed by atoms with van der Waals surface area (Å²) in [6.45, 7) is 2.00. The van der Waals surface area contributed by atoms with Crippen molar-refractivity contribution in [3.63, 3.8) is 0 Å². The van der Waals surface area contributed by atoms with Crippen LogP contribution in [-0.4, -0.2) is 24.0 Å². The number of nitrogens with two attached hydrogens (primary N) is 1. The second-order valence-electron chi connectivity index (χ2n) is 4.79. The molecule has 0 aliphatic rings. The lowest BCUT2D eigenvalue weighted by Gasteiger charge is -2.13. The van der Waals surface area contributed by atoms with E-state index in [2.05, 4.69) is 10.3 Å². The first-order chi connectivity index (χ1) is 10.6. The topological polar surface area (TPSA) is 86.5 Å². The predicted molar refractivity (Wildman–Crippen MR) is 91.1 cm³/mol. The van der Waals surface area contributed by atoms with Gasteiger partial charge < -0.3 is 20.5 Å². The molecule has 0 aliphatic heterocycles. The van der Waals surface area contributed by atoms with E-state index >= 15 is 0 Å². The average molecular weight is 338 g/mol. The van der Waals surface area contributed by atoms with E-state index in [9.17, 15) is 4.79 Å². The van der Waals surface area contributed by atoms with E-state index in [-0.39, 0.29) is 18.3 Å². The van der Waals surface area contributed by atoms with Crippen molar-refractivity contribution < 1.29 is 14.3 Å². The van der Waals surface area contributed by atoms with Gasteiger partial charge in [0, 0.05) is 24.1 Å². The van der Waals surface area contributed by atoms with Gasteiger partial charge in [-0.15, -0.1) is 12.4 Å². The lowest BCUT2D eigenvalue weighted by atomic mass is 10.2. The van der Waals surface area contributed by atoms with Crippen LogP contribution >= 0.6 is 12.4 Å². The number of halogens is 1. The number of rotatable bonds is 6. The fourth-order valence-corrected chi connectivity index (χ4v) is 1.76. The first-order valence-corrected chi connectivity index (χ1v) is 6.86. The van der Waals surface area contributed by atoms with Gasteiger partial charge in [-0.3, -0.25) is 9.78 Å². The second-order valence-corrected chi connectivity index (χ2v) is 4.79. The van der Waals surface area contributed by atoms with Gasteiger partial charge >= 0.3 is 0 Å². The van der Waals surface area contributed by atoms with E-state index in [4.69, 9.17) is 15.2 Å². The summed E-state index contributed by atoms with van der Waals surface area (Å²) < 4.78 is 11.0. The minimum absolute atomic E-state index is 0. The number of ether oxygens (including phenoxy) is 2. The quantitative estimate of drug-likeness (QED) is 0.845. The molecule has 1 amide bonds. The molecule has 0 radical (unpaired) electrons. The van der Waals surface area contributed by atoms with Gasteiger partial charge in [0.15, 0.2) is 11.5 Å². The van der Waals surface area contributed by atoms with Crippen molar-refractivity contribution in [1.29, 1.82) is 0 Å². The molecule has 1 atom stereocenters. The Kier molecular flexibility index (Phi) is 7.31. The highest BCUT2D eigenvalue weighted by Gasteiger charge is 2.11. The van der Waals surface area contributed by atoms with Crippen LogP contribution < -0.4 is 20.5 Å². The van der Waals surface area contributed by atoms with Crippen molar-refractivity contribution in [2.45, 2.75) is 19.6 Å². The first-order valence-electron chi connectivity index (χ1n) is 6.86. The maximum atomic E-state index is 11.6. The smallest absolute Gasteiger partial charge is 0.241 e. The Morgan fingerprint density at radius 2 is 1.96 bits per heavy atom. The summed E-state index contributed by atoms with van der Waals surface area (Å²) >= 11 is 0. The Hall–Kier alpha value is -2.31. The molecule has 6 nitrogen and oxygen atoms in total. The largest absolute Gasteiger partial charge is 0.493 e. The van der Waals surface area contributed by atoms with Gasteiger partial charge in [-0.05, 0) is 36.8 Å². The van der Waals surface area contributed by atoms with E-state index in [1.165, 1.54) is 0 Å². The number of carbonyl (C=O) groups is 1. The fraction of sp³-hybridized carbons (Fsp3) is 0.250. The number of benzene rings is 1. The molecule has 1 unspecified atom stereocenters. The number of anilines is 1. The molecule has 0 saturated heterocycles. The number of hydrogen-bond acceptors (Lipinski definition) is 5. The van der Waals surface area contributed by atoms with Crippen LogP contribution in [0.4, 0.5) is 5.69 Å². The molecule has 124 valence electrons. The maximum Gasteiger partial charge on any atom is 0.241 e. The molecule has 0 fully saturated rings. The van der Waals surface area contributed by atoms with Crippen LogP contribution in [-0.2, 0) is 11.4 Å². The van der Waals surface area contributed by atoms with Crippen molar-refractivity contribution in [2.24, 2.45) is 5.73 Å². The zero-order chi connectivity index (χ0) is 15.9. The Morgan fingerprint density at radius 3 is 2.57 bits per heavy atom. The second kappa shape index (κ2) is 8.97. The van der Waals surface area contributed by atoms with Crippen molar-refractivity contribution in [3.05, 3.63) is 48.3 Å². The van der Waals surface area contributed by atoms with Crippen LogP contribution in [0.25, 0.3) is 0 Å². The van der Waals surface area contributed by atoms with Crippen LogP contribution in [0.5, 0.6) is 11.5 Å². The normalized spacial score (nSPS) is 11.1. The summed E-state index contributed by atoms with van der Waals surface area (Å²) in [5, 5.41) is 2.72. The molecule has 3 N–H and O–H groups in total. The van der Waals surface area contributed by atoms with Gasteiger partial charge in [0.2, 0.25) is 5.91 Å². The fourth-order valence-electron chi connectivity index (χ4n) is 1.76. The zero-order valence-electron chi connectivity index (χ0n) is 13.0. The number of hydrogen-bond donors (Lipinski definition) is 2. The minimum Gasteiger partial charge on any atom is -0.493 e. The number of nitrogens with zero attached hydrogens (tertiary/aromatic N) is 1. The van der Waals surface area contributed by atoms with E-state index in [0.29, 0.717) is 23.8 Å². The third kappa shape index (κ3) is 5.43. The number of nitrogens with one attached hydrogen (secondary N) is 1. The Balaban J connectivity index is 0.00000264. The molecular weight excluding hydrogens is 318 g/mol. The molecule has 2 rings (SSSR count). The van der Waals surface area contributed by atoms with Crippen LogP contribution in [0.15, 0.2) is 42.7 Å². The van der Waals surface area contributed by atoms with Gasteiger partial charge in [-0.1, -0.05) is 0 Å². The Morgan fingerprint density at radius 1 is 1.26 bits per heavy atom. The summed E-state index contributed by atoms with van der Waals surface area (Å²) in [5.74, 6) is 0.875. The highest BCUT2D eigenvalue weighted by molar-refractivity contribution is 5.94. The third-order valence-electron chi connectivity index (χ3n) is 2.99. The van der Waals surface area contributed by atoms with Gasteiger partial charge in [-0.2, -0.15) is 0 Å². The summed E-state index contributed by atoms with van der Waals surface area (Å²) in [4.78, 5) is 15.6. The number of amides is 1. The summed E-state index contributed by atoms with van der Waals surface area (Å²) in [6.07, 6.45) is 3.41. The van der Waals surface area contributed by atoms with Gasteiger partial charge in [0.05, 0.1) is 13.2 Å². The monoisotopic (exact) mass is 337 g/mol. The average Bonchev–Trinajstić information content (AvgIpc) is 2.54. The van der Waals surface area contributed by atoms with Crippen LogP contribution in [0.3, 0.4) is 0 Å². The number of aromatic nitrogens is 1. The van der Waals surface area contributed by atoms with Crippen LogP contribution in [0.1, 0.15) is 12.5 Å². The van der Waals surface area contributed by atoms with E-state index in [1.807, 2.05) is 12.1 Å². The van der Waals surface area contributed by atoms with Crippen molar-refractivity contribution in [2.75, 3.05) is 12.4 Å². The molecule has 0 saturated carbocycles. The Bertz CT molecular complexity index is 636. The highest BCUT2D eigenvalue weighted by atomic mass is 35.5. The molecule has 0 spiro atoms. The molecule has 7 heteroatoms. The maximum absolute atomic E-state index is 11.6. The molecule has 1 aromatic carbocycles. The third-order valence-corrected chi connectivity index (χ3v) is 2.99. The van der Waals surface area contributed by atoms with E-state index < -0.39 is 6.04 Å². The molecule has 1 heterocycles. The van der Waals surface area contributed by atoms with Crippen molar-refractivity contribution in [1.82, 2.24) is 4.98 Å². The van der Waals surface area contributed by atoms with E-state index in [0.717, 1.165) is 5.56 Å². The van der Waals surface area contributed by atoms with Crippen molar-refractivity contribution in [3.8, 4) is 11.5 Å². The predicted octanol–water partition coefficient (Wildman–Crippen LogP) is 2.38. The van der Waals surface area contributed by atoms with Gasteiger partial charge in [0.1, 0.15) is 6.61 Å². The summed E-state index contributed by atoms with van der Waals surface area (Å²) in [7, 11) is 1.56. The van der Waals surface area contributed by atoms with Crippen LogP contribution in [0, 0.1) is 0 Å².